The first-order valence-electron chi connectivity index (χ1n) is 9.13. The summed E-state index contributed by atoms with van der Waals surface area (Å²) >= 11 is 2.27. The number of nitro benzene ring substituents is 1. The summed E-state index contributed by atoms with van der Waals surface area (Å²) in [7, 11) is 0. The minimum atomic E-state index is -0.650. The number of thioether (sulfide) groups is 1. The molecule has 0 spiro atoms. The quantitative estimate of drug-likeness (QED) is 0.234. The largest absolute Gasteiger partial charge is 0.325 e. The van der Waals surface area contributed by atoms with E-state index < -0.39 is 10.8 Å². The molecule has 0 saturated heterocycles. The maximum absolute atomic E-state index is 12.4. The lowest BCUT2D eigenvalue weighted by atomic mass is 10.1. The topological polar surface area (TPSA) is 127 Å². The van der Waals surface area contributed by atoms with Gasteiger partial charge in [-0.3, -0.25) is 25.0 Å². The lowest BCUT2D eigenvalue weighted by Crippen LogP contribution is -2.15. The van der Waals surface area contributed by atoms with Crippen molar-refractivity contribution in [2.45, 2.75) is 25.1 Å². The van der Waals surface area contributed by atoms with E-state index in [1.807, 2.05) is 32.9 Å². The Bertz CT molecular complexity index is 1140. The number of nitro groups is 1. The van der Waals surface area contributed by atoms with E-state index in [0.717, 1.165) is 33.7 Å². The van der Waals surface area contributed by atoms with Crippen LogP contribution in [0.1, 0.15) is 27.0 Å². The molecule has 9 nitrogen and oxygen atoms in total. The molecule has 11 heteroatoms. The SMILES string of the molecule is Cc1cc(C)c(NC(=O)CSc2nnc(NC(=O)c3ccccc3[N+](=O)[O-])s2)c(C)c1. The zero-order valence-electron chi connectivity index (χ0n) is 17.0. The van der Waals surface area contributed by atoms with Gasteiger partial charge in [0.05, 0.1) is 10.7 Å². The van der Waals surface area contributed by atoms with Gasteiger partial charge in [-0.05, 0) is 38.0 Å². The van der Waals surface area contributed by atoms with Gasteiger partial charge in [0, 0.05) is 11.8 Å². The highest BCUT2D eigenvalue weighted by atomic mass is 32.2. The number of nitrogens with one attached hydrogen (secondary N) is 2. The second kappa shape index (κ2) is 9.67. The van der Waals surface area contributed by atoms with Gasteiger partial charge in [-0.25, -0.2) is 0 Å². The molecule has 0 fully saturated rings. The molecule has 0 bridgehead atoms. The van der Waals surface area contributed by atoms with Crippen molar-refractivity contribution in [1.82, 2.24) is 10.2 Å². The van der Waals surface area contributed by atoms with Crippen molar-refractivity contribution in [3.05, 3.63) is 68.8 Å². The Morgan fingerprint density at radius 3 is 2.45 bits per heavy atom. The Morgan fingerprint density at radius 1 is 1.10 bits per heavy atom. The summed E-state index contributed by atoms with van der Waals surface area (Å²) in [6.45, 7) is 5.89. The Morgan fingerprint density at radius 2 is 1.77 bits per heavy atom. The van der Waals surface area contributed by atoms with Gasteiger partial charge in [-0.15, -0.1) is 10.2 Å². The molecule has 1 aromatic heterocycles. The van der Waals surface area contributed by atoms with Crippen LogP contribution < -0.4 is 10.6 Å². The Labute approximate surface area is 186 Å². The fraction of sp³-hybridized carbons (Fsp3) is 0.200. The van der Waals surface area contributed by atoms with Crippen LogP contribution in [0.3, 0.4) is 0 Å². The molecule has 2 amide bonds. The summed E-state index contributed by atoms with van der Waals surface area (Å²) in [4.78, 5) is 35.2. The van der Waals surface area contributed by atoms with Gasteiger partial charge < -0.3 is 5.32 Å². The molecule has 0 aliphatic heterocycles. The lowest BCUT2D eigenvalue weighted by molar-refractivity contribution is -0.385. The summed E-state index contributed by atoms with van der Waals surface area (Å²) < 4.78 is 0.491. The van der Waals surface area contributed by atoms with Crippen LogP contribution in [0.25, 0.3) is 0 Å². The van der Waals surface area contributed by atoms with Crippen molar-refractivity contribution >= 4 is 51.4 Å². The van der Waals surface area contributed by atoms with E-state index in [-0.39, 0.29) is 28.0 Å². The average molecular weight is 458 g/mol. The first-order valence-corrected chi connectivity index (χ1v) is 10.9. The fourth-order valence-corrected chi connectivity index (χ4v) is 4.53. The Kier molecular flexibility index (Phi) is 6.98. The van der Waals surface area contributed by atoms with Crippen LogP contribution >= 0.6 is 23.1 Å². The van der Waals surface area contributed by atoms with Crippen LogP contribution in [0.4, 0.5) is 16.5 Å². The van der Waals surface area contributed by atoms with E-state index in [2.05, 4.69) is 20.8 Å². The summed E-state index contributed by atoms with van der Waals surface area (Å²) in [5.74, 6) is -0.705. The smallest absolute Gasteiger partial charge is 0.282 e. The van der Waals surface area contributed by atoms with E-state index in [0.29, 0.717) is 4.34 Å². The van der Waals surface area contributed by atoms with Crippen LogP contribution in [-0.2, 0) is 4.79 Å². The van der Waals surface area contributed by atoms with Crippen molar-refractivity contribution in [2.24, 2.45) is 0 Å². The molecule has 0 unspecified atom stereocenters. The molecular weight excluding hydrogens is 438 g/mol. The minimum Gasteiger partial charge on any atom is -0.325 e. The van der Waals surface area contributed by atoms with Gasteiger partial charge >= 0.3 is 0 Å². The molecule has 0 atom stereocenters. The monoisotopic (exact) mass is 457 g/mol. The average Bonchev–Trinajstić information content (AvgIpc) is 3.16. The van der Waals surface area contributed by atoms with Crippen molar-refractivity contribution < 1.29 is 14.5 Å². The highest BCUT2D eigenvalue weighted by molar-refractivity contribution is 8.01. The summed E-state index contributed by atoms with van der Waals surface area (Å²) in [5, 5.41) is 24.5. The summed E-state index contributed by atoms with van der Waals surface area (Å²) in [6, 6.07) is 9.66. The Balaban J connectivity index is 1.59. The van der Waals surface area contributed by atoms with Gasteiger partial charge in [-0.2, -0.15) is 0 Å². The molecule has 3 rings (SSSR count). The van der Waals surface area contributed by atoms with Gasteiger partial charge in [-0.1, -0.05) is 52.9 Å². The molecule has 0 aliphatic rings. The van der Waals surface area contributed by atoms with Crippen LogP contribution in [0.15, 0.2) is 40.7 Å². The first-order chi connectivity index (χ1) is 14.7. The van der Waals surface area contributed by atoms with Crippen molar-refractivity contribution in [2.75, 3.05) is 16.4 Å². The third-order valence-electron chi connectivity index (χ3n) is 4.24. The highest BCUT2D eigenvalue weighted by Crippen LogP contribution is 2.28. The predicted octanol–water partition coefficient (Wildman–Crippen LogP) is 4.35. The number of carbonyl (C=O) groups excluding carboxylic acids is 2. The molecule has 2 aromatic carbocycles. The number of nitrogens with zero attached hydrogens (tertiary/aromatic N) is 3. The number of carbonyl (C=O) groups is 2. The Hall–Kier alpha value is -3.31. The van der Waals surface area contributed by atoms with Crippen LogP contribution in [0.2, 0.25) is 0 Å². The summed E-state index contributed by atoms with van der Waals surface area (Å²) in [5.41, 5.74) is 3.55. The zero-order chi connectivity index (χ0) is 22.5. The first kappa shape index (κ1) is 22.4. The predicted molar refractivity (Wildman–Crippen MR) is 121 cm³/mol. The minimum absolute atomic E-state index is 0.0693. The standard InChI is InChI=1S/C20H19N5O4S2/c1-11-8-12(2)17(13(3)9-11)21-16(26)10-30-20-24-23-19(31-20)22-18(27)14-6-4-5-7-15(14)25(28)29/h4-9H,10H2,1-3H3,(H,21,26)(H,22,23,27). The number of para-hydroxylation sites is 1. The van der Waals surface area contributed by atoms with Crippen molar-refractivity contribution in [1.29, 1.82) is 0 Å². The zero-order valence-corrected chi connectivity index (χ0v) is 18.6. The maximum Gasteiger partial charge on any atom is 0.282 e. The van der Waals surface area contributed by atoms with E-state index in [1.54, 1.807) is 6.07 Å². The van der Waals surface area contributed by atoms with Crippen LogP contribution in [0.5, 0.6) is 0 Å². The number of hydrogen-bond acceptors (Lipinski definition) is 8. The van der Waals surface area contributed by atoms with Gasteiger partial charge in [0.25, 0.3) is 11.6 Å². The third-order valence-corrected chi connectivity index (χ3v) is 6.21. The maximum atomic E-state index is 12.4. The van der Waals surface area contributed by atoms with Gasteiger partial charge in [0.1, 0.15) is 5.56 Å². The number of aromatic nitrogens is 2. The molecular formula is C20H19N5O4S2. The van der Waals surface area contributed by atoms with Crippen LogP contribution in [-0.4, -0.2) is 32.7 Å². The molecule has 2 N–H and O–H groups in total. The van der Waals surface area contributed by atoms with Crippen molar-refractivity contribution in [3.63, 3.8) is 0 Å². The van der Waals surface area contributed by atoms with E-state index in [1.165, 1.54) is 30.0 Å². The second-order valence-electron chi connectivity index (χ2n) is 6.71. The normalized spacial score (nSPS) is 10.5. The fourth-order valence-electron chi connectivity index (χ4n) is 2.99. The number of aryl methyl sites for hydroxylation is 3. The molecule has 31 heavy (non-hydrogen) atoms. The van der Waals surface area contributed by atoms with Gasteiger partial charge in [0.15, 0.2) is 4.34 Å². The summed E-state index contributed by atoms with van der Waals surface area (Å²) in [6.07, 6.45) is 0. The van der Waals surface area contributed by atoms with Gasteiger partial charge in [0.2, 0.25) is 11.0 Å². The third kappa shape index (κ3) is 5.64. The van der Waals surface area contributed by atoms with E-state index >= 15 is 0 Å². The van der Waals surface area contributed by atoms with Crippen molar-refractivity contribution in [3.8, 4) is 0 Å². The van der Waals surface area contributed by atoms with E-state index in [4.69, 9.17) is 0 Å². The molecule has 3 aromatic rings. The number of benzene rings is 2. The molecule has 0 aliphatic carbocycles. The second-order valence-corrected chi connectivity index (χ2v) is 8.91. The van der Waals surface area contributed by atoms with E-state index in [9.17, 15) is 19.7 Å². The number of rotatable bonds is 7. The molecule has 0 radical (unpaired) electrons. The van der Waals surface area contributed by atoms with Crippen LogP contribution in [0, 0.1) is 30.9 Å². The highest BCUT2D eigenvalue weighted by Gasteiger charge is 2.20. The number of anilines is 2. The molecule has 0 saturated carbocycles. The molecule has 160 valence electrons. The number of amides is 2. The lowest BCUT2D eigenvalue weighted by Gasteiger charge is -2.12. The molecule has 1 heterocycles. The number of hydrogen-bond donors (Lipinski definition) is 2.